The van der Waals surface area contributed by atoms with Gasteiger partial charge in [-0.1, -0.05) is 195 Å². The van der Waals surface area contributed by atoms with Gasteiger partial charge >= 0.3 is 0 Å². The van der Waals surface area contributed by atoms with Crippen LogP contribution in [0.25, 0.3) is 137 Å². The maximum Gasteiger partial charge on any atom is 0.0541 e. The Labute approximate surface area is 460 Å². The third-order valence-electron chi connectivity index (χ3n) is 15.9. The van der Waals surface area contributed by atoms with Crippen molar-refractivity contribution >= 4 is 118 Å². The van der Waals surface area contributed by atoms with Gasteiger partial charge in [0.25, 0.3) is 0 Å². The Morgan fingerprint density at radius 1 is 0.203 bits per heavy atom. The van der Waals surface area contributed by atoms with Crippen LogP contribution < -0.4 is 0 Å². The summed E-state index contributed by atoms with van der Waals surface area (Å²) in [5.74, 6) is 0. The molecule has 0 saturated carbocycles. The van der Waals surface area contributed by atoms with Gasteiger partial charge in [-0.15, -0.1) is 9.24 Å². The highest BCUT2D eigenvalue weighted by atomic mass is 31.0. The molecule has 0 N–H and O–H groups in total. The molecule has 0 bridgehead atoms. The first-order chi connectivity index (χ1) is 39.7. The molecule has 5 aromatic heterocycles. The van der Waals surface area contributed by atoms with Crippen LogP contribution in [-0.4, -0.2) is 29.5 Å². The molecule has 0 saturated heterocycles. The molecule has 374 valence electrons. The highest BCUT2D eigenvalue weighted by Crippen LogP contribution is 2.40. The monoisotopic (exact) mass is 1030 g/mol. The molecule has 1 atom stereocenters. The second kappa shape index (κ2) is 19.0. The van der Waals surface area contributed by atoms with E-state index in [9.17, 15) is 0 Å². The summed E-state index contributed by atoms with van der Waals surface area (Å²) >= 11 is 0. The number of aromatic nitrogens is 5. The fraction of sp³-hybridized carbons (Fsp3) is 0.0137. The first-order valence-electron chi connectivity index (χ1n) is 27.5. The zero-order valence-corrected chi connectivity index (χ0v) is 44.3. The van der Waals surface area contributed by atoms with E-state index in [2.05, 4.69) is 317 Å². The van der Waals surface area contributed by atoms with Gasteiger partial charge < -0.3 is 22.8 Å². The minimum Gasteiger partial charge on any atom is -0.309 e. The molecule has 0 amide bonds. The molecule has 79 heavy (non-hydrogen) atoms. The van der Waals surface area contributed by atoms with Crippen LogP contribution in [0.2, 0.25) is 0 Å². The van der Waals surface area contributed by atoms with Gasteiger partial charge in [0.15, 0.2) is 0 Å². The topological polar surface area (TPSA) is 24.6 Å². The fourth-order valence-corrected chi connectivity index (χ4v) is 12.7. The van der Waals surface area contributed by atoms with Crippen LogP contribution in [0, 0.1) is 0 Å². The molecule has 12 aromatic carbocycles. The molecule has 5 heterocycles. The third kappa shape index (κ3) is 7.28. The Hall–Kier alpha value is -9.93. The summed E-state index contributed by atoms with van der Waals surface area (Å²) in [4.78, 5) is 0. The normalized spacial score (nSPS) is 11.8. The Morgan fingerprint density at radius 3 is 0.519 bits per heavy atom. The third-order valence-corrected chi connectivity index (χ3v) is 15.9. The van der Waals surface area contributed by atoms with Crippen molar-refractivity contribution in [2.75, 3.05) is 6.64 Å². The number of nitrogens with zero attached hydrogens (tertiary/aromatic N) is 5. The minimum atomic E-state index is 0.417. The molecular weight excluding hydrogens is 978 g/mol. The lowest BCUT2D eigenvalue weighted by molar-refractivity contribution is 1.10. The summed E-state index contributed by atoms with van der Waals surface area (Å²) in [6.07, 6.45) is 0. The summed E-state index contributed by atoms with van der Waals surface area (Å²) in [6, 6.07) is 103. The molecule has 0 radical (unpaired) electrons. The van der Waals surface area contributed by atoms with Crippen molar-refractivity contribution in [1.29, 1.82) is 0 Å². The standard InChI is InChI=1S/C42H27N3.C30H20N2.CH5P/c1-7-19-37-31(13-1)32-14-2-8-20-38(32)43(37)28-25-29(44-39-21-9-3-15-33(39)34-16-4-10-22-40(34)44)27-30(26-28)45-41-23-11-5-17-35(41)36-18-6-12-24-42(36)45;1-5-16-27-23(12-1)24-13-2-6-17-28(24)31(27)21-10-9-11-22(20-21)32-29-18-7-3-14-25(29)26-15-4-8-19-30(26)32;1-2/h1-27H;1-20H;2H2,1H3/i;;1T. The lowest BCUT2D eigenvalue weighted by Gasteiger charge is -2.17. The van der Waals surface area contributed by atoms with Crippen molar-refractivity contribution in [2.45, 2.75) is 0 Å². The van der Waals surface area contributed by atoms with Crippen molar-refractivity contribution in [2.24, 2.45) is 0 Å². The van der Waals surface area contributed by atoms with Crippen molar-refractivity contribution in [3.8, 4) is 28.4 Å². The van der Waals surface area contributed by atoms with Gasteiger partial charge in [-0.3, -0.25) is 0 Å². The van der Waals surface area contributed by atoms with Crippen LogP contribution in [-0.2, 0) is 0 Å². The molecule has 17 aromatic rings. The van der Waals surface area contributed by atoms with Crippen LogP contribution >= 0.6 is 9.24 Å². The van der Waals surface area contributed by atoms with E-state index in [1.54, 1.807) is 0 Å². The van der Waals surface area contributed by atoms with Crippen LogP contribution in [0.5, 0.6) is 0 Å². The highest BCUT2D eigenvalue weighted by molar-refractivity contribution is 7.15. The van der Waals surface area contributed by atoms with E-state index in [1.807, 2.05) is 0 Å². The van der Waals surface area contributed by atoms with Crippen LogP contribution in [0.4, 0.5) is 0 Å². The number of para-hydroxylation sites is 10. The average molecular weight is 1030 g/mol. The lowest BCUT2D eigenvalue weighted by Crippen LogP contribution is -2.03. The molecule has 6 heteroatoms. The molecule has 5 nitrogen and oxygen atoms in total. The van der Waals surface area contributed by atoms with Crippen molar-refractivity contribution in [3.63, 3.8) is 0 Å². The maximum absolute atomic E-state index is 6.17. The number of hydrogen-bond donors (Lipinski definition) is 0. The Bertz CT molecular complexity index is 4510. The van der Waals surface area contributed by atoms with Gasteiger partial charge in [-0.05, 0) is 97.1 Å². The summed E-state index contributed by atoms with van der Waals surface area (Å²) < 4.78 is 18.2. The van der Waals surface area contributed by atoms with Crippen LogP contribution in [0.15, 0.2) is 285 Å². The molecule has 0 spiro atoms. The number of hydrogen-bond acceptors (Lipinski definition) is 0. The SMILES string of the molecule is [3H]CP.c1cc(-n2c3ccccc3c3ccccc32)cc(-n2c3ccccc3c3ccccc32)c1.c1ccc2c(c1)c1ccccc1n2-c1cc(-n2c3ccccc3c3ccccc32)cc(-n2c3ccccc3c3ccccc32)c1. The minimum absolute atomic E-state index is 0.417. The van der Waals surface area contributed by atoms with Crippen molar-refractivity contribution < 1.29 is 1.37 Å². The molecule has 1 unspecified atom stereocenters. The summed E-state index contributed by atoms with van der Waals surface area (Å²) in [6.45, 7) is 0.417. The first kappa shape index (κ1) is 45.3. The summed E-state index contributed by atoms with van der Waals surface area (Å²) in [5.41, 5.74) is 17.8. The van der Waals surface area contributed by atoms with Gasteiger partial charge in [0.05, 0.1) is 72.2 Å². The zero-order valence-electron chi connectivity index (χ0n) is 44.2. The smallest absolute Gasteiger partial charge is 0.0541 e. The Balaban J connectivity index is 0.000000139. The van der Waals surface area contributed by atoms with Gasteiger partial charge in [0.2, 0.25) is 0 Å². The quantitative estimate of drug-likeness (QED) is 0.154. The molecule has 0 aliphatic carbocycles. The predicted octanol–water partition coefficient (Wildman–Crippen LogP) is 19.4. The second-order valence-corrected chi connectivity index (χ2v) is 20.1. The number of rotatable bonds is 5. The number of benzene rings is 12. The van der Waals surface area contributed by atoms with Crippen molar-refractivity contribution in [1.82, 2.24) is 22.8 Å². The van der Waals surface area contributed by atoms with E-state index in [4.69, 9.17) is 1.37 Å². The first-order valence-corrected chi connectivity index (χ1v) is 27.7. The lowest BCUT2D eigenvalue weighted by atomic mass is 10.2. The van der Waals surface area contributed by atoms with E-state index < -0.39 is 0 Å². The van der Waals surface area contributed by atoms with Gasteiger partial charge in [-0.25, -0.2) is 0 Å². The fourth-order valence-electron chi connectivity index (χ4n) is 12.7. The van der Waals surface area contributed by atoms with E-state index in [-0.39, 0.29) is 0 Å². The summed E-state index contributed by atoms with van der Waals surface area (Å²) in [7, 11) is 2.25. The van der Waals surface area contributed by atoms with E-state index in [0.717, 1.165) is 17.1 Å². The van der Waals surface area contributed by atoms with E-state index >= 15 is 0 Å². The molecule has 0 aliphatic heterocycles. The van der Waals surface area contributed by atoms with E-state index in [1.165, 1.54) is 120 Å². The van der Waals surface area contributed by atoms with Gasteiger partial charge in [0.1, 0.15) is 0 Å². The predicted molar refractivity (Wildman–Crippen MR) is 340 cm³/mol. The van der Waals surface area contributed by atoms with E-state index in [0.29, 0.717) is 6.64 Å². The Kier molecular flexibility index (Phi) is 10.9. The van der Waals surface area contributed by atoms with Crippen molar-refractivity contribution in [3.05, 3.63) is 285 Å². The molecular formula is C73H52N5P. The second-order valence-electron chi connectivity index (χ2n) is 20.1. The van der Waals surface area contributed by atoms with Crippen LogP contribution in [0.3, 0.4) is 0 Å². The van der Waals surface area contributed by atoms with Gasteiger partial charge in [-0.2, -0.15) is 0 Å². The van der Waals surface area contributed by atoms with Crippen LogP contribution in [0.1, 0.15) is 1.37 Å². The maximum atomic E-state index is 6.17. The molecule has 0 aliphatic rings. The molecule has 0 fully saturated rings. The summed E-state index contributed by atoms with van der Waals surface area (Å²) in [5, 5.41) is 12.7. The Morgan fingerprint density at radius 2 is 0.342 bits per heavy atom. The largest absolute Gasteiger partial charge is 0.309 e. The zero-order chi connectivity index (χ0) is 53.3. The van der Waals surface area contributed by atoms with Gasteiger partial charge in [0, 0.05) is 66.6 Å². The highest BCUT2D eigenvalue weighted by Gasteiger charge is 2.20. The molecule has 17 rings (SSSR count). The average Bonchev–Trinajstić information content (AvgIpc) is 4.47. The number of fused-ring (bicyclic) bond motifs is 15.